The Labute approximate surface area is 154 Å². The molecular weight excluding hydrogens is 334 g/mol. The summed E-state index contributed by atoms with van der Waals surface area (Å²) in [5.41, 5.74) is 2.33. The van der Waals surface area contributed by atoms with Crippen molar-refractivity contribution in [3.8, 4) is 11.5 Å². The SMILES string of the molecule is COc1cc2c(cc1OC)C1(CCOCC1)CN(C(=O)C1CCCO1)C2. The molecule has 0 aliphatic carbocycles. The molecule has 0 bridgehead atoms. The van der Waals surface area contributed by atoms with Crippen molar-refractivity contribution in [2.24, 2.45) is 0 Å². The van der Waals surface area contributed by atoms with Crippen LogP contribution in [0.3, 0.4) is 0 Å². The van der Waals surface area contributed by atoms with Crippen LogP contribution >= 0.6 is 0 Å². The van der Waals surface area contributed by atoms with Crippen molar-refractivity contribution in [1.82, 2.24) is 4.90 Å². The maximum absolute atomic E-state index is 13.0. The Kier molecular flexibility index (Phi) is 4.80. The summed E-state index contributed by atoms with van der Waals surface area (Å²) in [6.45, 7) is 3.44. The molecule has 1 unspecified atom stereocenters. The van der Waals surface area contributed by atoms with Crippen LogP contribution in [0.5, 0.6) is 11.5 Å². The quantitative estimate of drug-likeness (QED) is 0.827. The van der Waals surface area contributed by atoms with Gasteiger partial charge in [0.25, 0.3) is 5.91 Å². The summed E-state index contributed by atoms with van der Waals surface area (Å²) in [5.74, 6) is 1.57. The van der Waals surface area contributed by atoms with Crippen LogP contribution in [-0.2, 0) is 26.2 Å². The summed E-state index contributed by atoms with van der Waals surface area (Å²) in [7, 11) is 3.31. The molecule has 1 aromatic carbocycles. The zero-order valence-corrected chi connectivity index (χ0v) is 15.6. The van der Waals surface area contributed by atoms with E-state index in [0.29, 0.717) is 18.9 Å². The van der Waals surface area contributed by atoms with Gasteiger partial charge in [-0.05, 0) is 48.9 Å². The fourth-order valence-electron chi connectivity index (χ4n) is 4.58. The number of rotatable bonds is 3. The number of methoxy groups -OCH3 is 2. The Morgan fingerprint density at radius 1 is 1.15 bits per heavy atom. The lowest BCUT2D eigenvalue weighted by Crippen LogP contribution is -2.52. The zero-order valence-electron chi connectivity index (χ0n) is 15.6. The molecule has 1 aromatic rings. The fourth-order valence-corrected chi connectivity index (χ4v) is 4.58. The number of ether oxygens (including phenoxy) is 4. The normalized spacial score (nSPS) is 24.4. The summed E-state index contributed by atoms with van der Waals surface area (Å²) in [4.78, 5) is 15.0. The van der Waals surface area contributed by atoms with Gasteiger partial charge in [0.15, 0.2) is 11.5 Å². The largest absolute Gasteiger partial charge is 0.493 e. The average Bonchev–Trinajstić information content (AvgIpc) is 3.21. The van der Waals surface area contributed by atoms with E-state index in [1.54, 1.807) is 14.2 Å². The van der Waals surface area contributed by atoms with Crippen LogP contribution in [0.2, 0.25) is 0 Å². The van der Waals surface area contributed by atoms with Crippen molar-refractivity contribution in [1.29, 1.82) is 0 Å². The fraction of sp³-hybridized carbons (Fsp3) is 0.650. The molecule has 3 aliphatic rings. The van der Waals surface area contributed by atoms with E-state index < -0.39 is 0 Å². The molecule has 1 amide bonds. The lowest BCUT2D eigenvalue weighted by molar-refractivity contribution is -0.144. The van der Waals surface area contributed by atoms with Gasteiger partial charge in [0.2, 0.25) is 0 Å². The summed E-state index contributed by atoms with van der Waals surface area (Å²) >= 11 is 0. The van der Waals surface area contributed by atoms with Gasteiger partial charge < -0.3 is 23.8 Å². The third-order valence-electron chi connectivity index (χ3n) is 6.00. The van der Waals surface area contributed by atoms with Crippen LogP contribution in [-0.4, -0.2) is 57.5 Å². The second-order valence-electron chi connectivity index (χ2n) is 7.45. The first kappa shape index (κ1) is 17.6. The van der Waals surface area contributed by atoms with Gasteiger partial charge in [0.05, 0.1) is 14.2 Å². The van der Waals surface area contributed by atoms with Crippen molar-refractivity contribution in [2.75, 3.05) is 40.6 Å². The highest BCUT2D eigenvalue weighted by Gasteiger charge is 2.44. The maximum atomic E-state index is 13.0. The second kappa shape index (κ2) is 7.08. The smallest absolute Gasteiger partial charge is 0.252 e. The molecule has 0 N–H and O–H groups in total. The molecule has 3 aliphatic heterocycles. The number of hydrogen-bond donors (Lipinski definition) is 0. The molecule has 26 heavy (non-hydrogen) atoms. The van der Waals surface area contributed by atoms with Gasteiger partial charge in [-0.25, -0.2) is 0 Å². The van der Waals surface area contributed by atoms with Crippen molar-refractivity contribution >= 4 is 5.91 Å². The van der Waals surface area contributed by atoms with E-state index in [9.17, 15) is 4.79 Å². The molecule has 0 radical (unpaired) electrons. The number of benzene rings is 1. The molecule has 1 spiro atoms. The highest BCUT2D eigenvalue weighted by Crippen LogP contribution is 2.45. The monoisotopic (exact) mass is 361 g/mol. The summed E-state index contributed by atoms with van der Waals surface area (Å²) in [6, 6.07) is 4.13. The third kappa shape index (κ3) is 2.95. The minimum absolute atomic E-state index is 0.0837. The number of fused-ring (bicyclic) bond motifs is 2. The van der Waals surface area contributed by atoms with Crippen molar-refractivity contribution in [2.45, 2.75) is 43.7 Å². The lowest BCUT2D eigenvalue weighted by atomic mass is 9.69. The molecule has 2 saturated heterocycles. The van der Waals surface area contributed by atoms with E-state index in [1.165, 1.54) is 5.56 Å². The molecule has 0 aromatic heterocycles. The van der Waals surface area contributed by atoms with E-state index in [4.69, 9.17) is 18.9 Å². The van der Waals surface area contributed by atoms with Crippen LogP contribution < -0.4 is 9.47 Å². The summed E-state index contributed by atoms with van der Waals surface area (Å²) in [6.07, 6.45) is 3.32. The molecular formula is C20H27NO5. The van der Waals surface area contributed by atoms with Crippen LogP contribution in [0.15, 0.2) is 12.1 Å². The highest BCUT2D eigenvalue weighted by molar-refractivity contribution is 5.81. The van der Waals surface area contributed by atoms with E-state index >= 15 is 0 Å². The first-order valence-electron chi connectivity index (χ1n) is 9.40. The Morgan fingerprint density at radius 2 is 1.88 bits per heavy atom. The molecule has 4 rings (SSSR count). The van der Waals surface area contributed by atoms with Crippen LogP contribution in [0.4, 0.5) is 0 Å². The molecule has 6 nitrogen and oxygen atoms in total. The number of nitrogens with zero attached hydrogens (tertiary/aromatic N) is 1. The predicted octanol–water partition coefficient (Wildman–Crippen LogP) is 2.27. The van der Waals surface area contributed by atoms with Gasteiger partial charge in [0, 0.05) is 38.3 Å². The highest BCUT2D eigenvalue weighted by atomic mass is 16.5. The van der Waals surface area contributed by atoms with Gasteiger partial charge in [-0.3, -0.25) is 4.79 Å². The van der Waals surface area contributed by atoms with Gasteiger partial charge in [-0.1, -0.05) is 0 Å². The Bertz CT molecular complexity index is 677. The van der Waals surface area contributed by atoms with Gasteiger partial charge in [-0.15, -0.1) is 0 Å². The van der Waals surface area contributed by atoms with Crippen LogP contribution in [0.25, 0.3) is 0 Å². The lowest BCUT2D eigenvalue weighted by Gasteiger charge is -2.47. The molecule has 3 heterocycles. The molecule has 0 saturated carbocycles. The predicted molar refractivity (Wildman–Crippen MR) is 95.7 cm³/mol. The summed E-state index contributed by atoms with van der Waals surface area (Å²) < 4.78 is 22.3. The topological polar surface area (TPSA) is 57.2 Å². The van der Waals surface area contributed by atoms with Crippen molar-refractivity contribution < 1.29 is 23.7 Å². The maximum Gasteiger partial charge on any atom is 0.252 e. The Hall–Kier alpha value is -1.79. The summed E-state index contributed by atoms with van der Waals surface area (Å²) in [5, 5.41) is 0. The van der Waals surface area contributed by atoms with Crippen molar-refractivity contribution in [3.05, 3.63) is 23.3 Å². The molecule has 1 atom stereocenters. The van der Waals surface area contributed by atoms with E-state index in [0.717, 1.165) is 56.8 Å². The van der Waals surface area contributed by atoms with Crippen molar-refractivity contribution in [3.63, 3.8) is 0 Å². The van der Waals surface area contributed by atoms with Crippen LogP contribution in [0.1, 0.15) is 36.8 Å². The zero-order chi connectivity index (χ0) is 18.1. The number of carbonyl (C=O) groups excluding carboxylic acids is 1. The van der Waals surface area contributed by atoms with Gasteiger partial charge in [0.1, 0.15) is 6.10 Å². The van der Waals surface area contributed by atoms with Crippen LogP contribution in [0, 0.1) is 0 Å². The van der Waals surface area contributed by atoms with E-state index in [-0.39, 0.29) is 17.4 Å². The van der Waals surface area contributed by atoms with Gasteiger partial charge in [-0.2, -0.15) is 0 Å². The second-order valence-corrected chi connectivity index (χ2v) is 7.45. The van der Waals surface area contributed by atoms with Gasteiger partial charge >= 0.3 is 0 Å². The average molecular weight is 361 g/mol. The Balaban J connectivity index is 1.73. The minimum Gasteiger partial charge on any atom is -0.493 e. The first-order chi connectivity index (χ1) is 12.7. The third-order valence-corrected chi connectivity index (χ3v) is 6.00. The minimum atomic E-state index is -0.284. The number of hydrogen-bond acceptors (Lipinski definition) is 5. The molecule has 142 valence electrons. The Morgan fingerprint density at radius 3 is 2.54 bits per heavy atom. The number of amides is 1. The van der Waals surface area contributed by atoms with E-state index in [1.807, 2.05) is 11.0 Å². The standard InChI is InChI=1S/C20H27NO5/c1-23-17-10-14-12-21(19(22)16-4-3-7-26-16)13-20(5-8-25-9-6-20)15(14)11-18(17)24-2/h10-11,16H,3-9,12-13H2,1-2H3. The van der Waals surface area contributed by atoms with E-state index in [2.05, 4.69) is 6.07 Å². The number of carbonyl (C=O) groups is 1. The molecule has 6 heteroatoms. The molecule has 2 fully saturated rings. The first-order valence-corrected chi connectivity index (χ1v) is 9.40.